The molecule has 0 spiro atoms. The van der Waals surface area contributed by atoms with Gasteiger partial charge in [0.25, 0.3) is 0 Å². The van der Waals surface area contributed by atoms with Crippen LogP contribution in [0, 0.1) is 5.41 Å². The lowest BCUT2D eigenvalue weighted by Gasteiger charge is -2.32. The van der Waals surface area contributed by atoms with Crippen molar-refractivity contribution >= 4 is 12.6 Å². The molecule has 1 aromatic heterocycles. The molecule has 1 aliphatic rings. The fourth-order valence-corrected chi connectivity index (χ4v) is 3.21. The molecule has 138 valence electrons. The Balaban J connectivity index is 2.02. The molecule has 1 aliphatic heterocycles. The van der Waals surface area contributed by atoms with E-state index >= 15 is 0 Å². The highest BCUT2D eigenvalue weighted by atomic mass is 16.7. The minimum absolute atomic E-state index is 0.204. The Hall–Kier alpha value is -1.65. The van der Waals surface area contributed by atoms with E-state index in [0.29, 0.717) is 0 Å². The largest absolute Gasteiger partial charge is 0.494 e. The van der Waals surface area contributed by atoms with Crippen LogP contribution in [0.5, 0.6) is 0 Å². The maximum absolute atomic E-state index is 6.24. The van der Waals surface area contributed by atoms with E-state index in [-0.39, 0.29) is 23.7 Å². The van der Waals surface area contributed by atoms with Gasteiger partial charge in [-0.2, -0.15) is 0 Å². The average Bonchev–Trinajstić information content (AvgIpc) is 2.75. The standard InChI is InChI=1S/C22H30BNO2/c1-20(2,3)15-16-11-12-17(14-18(16)19-10-8-9-13-24-19)23-25-21(4,5)22(6,7)26-23/h8-14H,15H2,1-7H3. The van der Waals surface area contributed by atoms with Gasteiger partial charge >= 0.3 is 7.12 Å². The molecule has 2 aromatic rings. The molecule has 2 heterocycles. The smallest absolute Gasteiger partial charge is 0.399 e. The SMILES string of the molecule is CC(C)(C)Cc1ccc(B2OC(C)(C)C(C)(C)O2)cc1-c1ccccn1. The van der Waals surface area contributed by atoms with Crippen molar-refractivity contribution in [1.82, 2.24) is 4.98 Å². The molecule has 0 unspecified atom stereocenters. The minimum Gasteiger partial charge on any atom is -0.399 e. The first-order chi connectivity index (χ1) is 12.0. The zero-order chi connectivity index (χ0) is 19.2. The molecule has 0 saturated carbocycles. The molecule has 0 radical (unpaired) electrons. The van der Waals surface area contributed by atoms with Gasteiger partial charge in [0.05, 0.1) is 16.9 Å². The fourth-order valence-electron chi connectivity index (χ4n) is 3.21. The van der Waals surface area contributed by atoms with Crippen LogP contribution in [0.25, 0.3) is 11.3 Å². The van der Waals surface area contributed by atoms with E-state index in [0.717, 1.165) is 23.1 Å². The van der Waals surface area contributed by atoms with Gasteiger partial charge < -0.3 is 9.31 Å². The third-order valence-electron chi connectivity index (χ3n) is 5.32. The van der Waals surface area contributed by atoms with Crippen LogP contribution in [0.4, 0.5) is 0 Å². The highest BCUT2D eigenvalue weighted by Gasteiger charge is 2.51. The molecule has 0 bridgehead atoms. The van der Waals surface area contributed by atoms with Gasteiger partial charge in [-0.1, -0.05) is 45.0 Å². The number of hydrogen-bond acceptors (Lipinski definition) is 3. The second kappa shape index (κ2) is 6.51. The van der Waals surface area contributed by atoms with Crippen LogP contribution in [0.1, 0.15) is 54.0 Å². The molecule has 26 heavy (non-hydrogen) atoms. The van der Waals surface area contributed by atoms with Crippen molar-refractivity contribution in [3.63, 3.8) is 0 Å². The second-order valence-electron chi connectivity index (χ2n) is 9.46. The van der Waals surface area contributed by atoms with Crippen molar-refractivity contribution in [2.24, 2.45) is 5.41 Å². The number of nitrogens with zero attached hydrogens (tertiary/aromatic N) is 1. The van der Waals surface area contributed by atoms with Gasteiger partial charge in [-0.3, -0.25) is 4.98 Å². The van der Waals surface area contributed by atoms with Crippen LogP contribution in [0.3, 0.4) is 0 Å². The maximum Gasteiger partial charge on any atom is 0.494 e. The van der Waals surface area contributed by atoms with Gasteiger partial charge in [0, 0.05) is 11.8 Å². The Morgan fingerprint density at radius 1 is 0.962 bits per heavy atom. The van der Waals surface area contributed by atoms with Crippen molar-refractivity contribution in [2.45, 2.75) is 66.1 Å². The zero-order valence-electron chi connectivity index (χ0n) is 17.1. The lowest BCUT2D eigenvalue weighted by molar-refractivity contribution is 0.00578. The van der Waals surface area contributed by atoms with E-state index < -0.39 is 0 Å². The van der Waals surface area contributed by atoms with E-state index in [1.54, 1.807) is 0 Å². The Morgan fingerprint density at radius 3 is 2.15 bits per heavy atom. The number of pyridine rings is 1. The minimum atomic E-state index is -0.355. The van der Waals surface area contributed by atoms with Crippen LogP contribution in [-0.4, -0.2) is 23.3 Å². The average molecular weight is 351 g/mol. The number of aromatic nitrogens is 1. The Morgan fingerprint density at radius 2 is 1.62 bits per heavy atom. The zero-order valence-corrected chi connectivity index (χ0v) is 17.1. The first kappa shape index (κ1) is 19.1. The van der Waals surface area contributed by atoms with Crippen molar-refractivity contribution < 1.29 is 9.31 Å². The van der Waals surface area contributed by atoms with E-state index in [4.69, 9.17) is 9.31 Å². The van der Waals surface area contributed by atoms with Gasteiger partial charge in [0.2, 0.25) is 0 Å². The van der Waals surface area contributed by atoms with E-state index in [2.05, 4.69) is 77.7 Å². The summed E-state index contributed by atoms with van der Waals surface area (Å²) in [7, 11) is -0.355. The van der Waals surface area contributed by atoms with Gasteiger partial charge in [0.15, 0.2) is 0 Å². The van der Waals surface area contributed by atoms with Crippen LogP contribution < -0.4 is 5.46 Å². The summed E-state index contributed by atoms with van der Waals surface area (Å²) in [6, 6.07) is 12.6. The molecule has 0 aliphatic carbocycles. The van der Waals surface area contributed by atoms with Crippen LogP contribution >= 0.6 is 0 Å². The molecular formula is C22H30BNO2. The van der Waals surface area contributed by atoms with E-state index in [1.807, 2.05) is 18.3 Å². The number of hydrogen-bond donors (Lipinski definition) is 0. The second-order valence-corrected chi connectivity index (χ2v) is 9.46. The van der Waals surface area contributed by atoms with Crippen molar-refractivity contribution in [3.8, 4) is 11.3 Å². The van der Waals surface area contributed by atoms with Gasteiger partial charge in [-0.05, 0) is 62.7 Å². The van der Waals surface area contributed by atoms with Gasteiger partial charge in [-0.25, -0.2) is 0 Å². The summed E-state index contributed by atoms with van der Waals surface area (Å²) < 4.78 is 12.5. The fraction of sp³-hybridized carbons (Fsp3) is 0.500. The van der Waals surface area contributed by atoms with Gasteiger partial charge in [-0.15, -0.1) is 0 Å². The monoisotopic (exact) mass is 351 g/mol. The van der Waals surface area contributed by atoms with Crippen LogP contribution in [0.2, 0.25) is 0 Å². The van der Waals surface area contributed by atoms with E-state index in [9.17, 15) is 0 Å². The summed E-state index contributed by atoms with van der Waals surface area (Å²) in [5.41, 5.74) is 4.02. The normalized spacial score (nSPS) is 19.0. The van der Waals surface area contributed by atoms with Crippen LogP contribution in [0.15, 0.2) is 42.6 Å². The highest BCUT2D eigenvalue weighted by Crippen LogP contribution is 2.37. The highest BCUT2D eigenvalue weighted by molar-refractivity contribution is 6.62. The molecule has 4 heteroatoms. The van der Waals surface area contributed by atoms with Gasteiger partial charge in [0.1, 0.15) is 0 Å². The summed E-state index contributed by atoms with van der Waals surface area (Å²) in [4.78, 5) is 4.58. The quantitative estimate of drug-likeness (QED) is 0.755. The maximum atomic E-state index is 6.24. The van der Waals surface area contributed by atoms with Crippen molar-refractivity contribution in [1.29, 1.82) is 0 Å². The third kappa shape index (κ3) is 3.87. The summed E-state index contributed by atoms with van der Waals surface area (Å²) in [6.07, 6.45) is 2.83. The summed E-state index contributed by atoms with van der Waals surface area (Å²) in [5.74, 6) is 0. The topological polar surface area (TPSA) is 31.4 Å². The predicted molar refractivity (Wildman–Crippen MR) is 109 cm³/mol. The molecule has 0 N–H and O–H groups in total. The van der Waals surface area contributed by atoms with E-state index in [1.165, 1.54) is 5.56 Å². The number of rotatable bonds is 3. The molecule has 1 aromatic carbocycles. The molecule has 3 nitrogen and oxygen atoms in total. The third-order valence-corrected chi connectivity index (χ3v) is 5.32. The first-order valence-corrected chi connectivity index (χ1v) is 9.38. The molecule has 0 amide bonds. The lowest BCUT2D eigenvalue weighted by atomic mass is 9.76. The van der Waals surface area contributed by atoms with Crippen molar-refractivity contribution in [3.05, 3.63) is 48.2 Å². The van der Waals surface area contributed by atoms with Crippen LogP contribution in [-0.2, 0) is 15.7 Å². The molecule has 0 atom stereocenters. The summed E-state index contributed by atoms with van der Waals surface area (Å²) >= 11 is 0. The summed E-state index contributed by atoms with van der Waals surface area (Å²) in [6.45, 7) is 15.1. The molecule has 1 fully saturated rings. The number of benzene rings is 1. The Bertz CT molecular complexity index is 762. The van der Waals surface area contributed by atoms with Crippen molar-refractivity contribution in [2.75, 3.05) is 0 Å². The molecule has 1 saturated heterocycles. The molecular weight excluding hydrogens is 321 g/mol. The first-order valence-electron chi connectivity index (χ1n) is 9.38. The lowest BCUT2D eigenvalue weighted by Crippen LogP contribution is -2.41. The Kier molecular flexibility index (Phi) is 4.79. The Labute approximate surface area is 158 Å². The summed E-state index contributed by atoms with van der Waals surface area (Å²) in [5, 5.41) is 0. The predicted octanol–water partition coefficient (Wildman–Crippen LogP) is 4.64. The molecule has 3 rings (SSSR count).